The molecule has 0 amide bonds. The maximum Gasteiger partial charge on any atom is 0.141 e. The highest BCUT2D eigenvalue weighted by molar-refractivity contribution is 5.89. The zero-order valence-electron chi connectivity index (χ0n) is 12.5. The quantitative estimate of drug-likeness (QED) is 0.596. The van der Waals surface area contributed by atoms with Crippen molar-refractivity contribution in [2.75, 3.05) is 20.3 Å². The standard InChI is InChI=1S/C14H26O4/c1-11(15)7-8-12(16)13(2,3)14(4,5)18-10-9-17-6/h7-10H2,1-6H3. The van der Waals surface area contributed by atoms with E-state index in [1.165, 1.54) is 6.92 Å². The normalized spacial score (nSPS) is 12.6. The van der Waals surface area contributed by atoms with E-state index in [4.69, 9.17) is 9.47 Å². The Kier molecular flexibility index (Phi) is 6.71. The number of ether oxygens (including phenoxy) is 2. The molecule has 0 aromatic rings. The molecule has 0 aliphatic carbocycles. The lowest BCUT2D eigenvalue weighted by molar-refractivity contribution is -0.151. The Hall–Kier alpha value is -0.740. The van der Waals surface area contributed by atoms with Gasteiger partial charge in [-0.3, -0.25) is 4.79 Å². The zero-order chi connectivity index (χ0) is 14.4. The van der Waals surface area contributed by atoms with Crippen molar-refractivity contribution in [1.29, 1.82) is 0 Å². The van der Waals surface area contributed by atoms with Crippen LogP contribution in [0.3, 0.4) is 0 Å². The molecule has 0 aliphatic rings. The van der Waals surface area contributed by atoms with E-state index >= 15 is 0 Å². The second-order valence-electron chi connectivity index (χ2n) is 5.60. The number of carbonyl (C=O) groups is 2. The topological polar surface area (TPSA) is 52.6 Å². The highest BCUT2D eigenvalue weighted by Gasteiger charge is 2.43. The van der Waals surface area contributed by atoms with Crippen LogP contribution in [0, 0.1) is 5.41 Å². The molecule has 0 N–H and O–H groups in total. The van der Waals surface area contributed by atoms with Gasteiger partial charge in [-0.2, -0.15) is 0 Å². The summed E-state index contributed by atoms with van der Waals surface area (Å²) in [6, 6.07) is 0. The summed E-state index contributed by atoms with van der Waals surface area (Å²) in [6.45, 7) is 9.97. The zero-order valence-corrected chi connectivity index (χ0v) is 12.5. The Bertz CT molecular complexity index is 292. The van der Waals surface area contributed by atoms with Crippen LogP contribution in [0.4, 0.5) is 0 Å². The van der Waals surface area contributed by atoms with E-state index in [1.54, 1.807) is 7.11 Å². The minimum Gasteiger partial charge on any atom is -0.382 e. The van der Waals surface area contributed by atoms with Crippen molar-refractivity contribution in [3.63, 3.8) is 0 Å². The third-order valence-electron chi connectivity index (χ3n) is 3.66. The second-order valence-corrected chi connectivity index (χ2v) is 5.60. The van der Waals surface area contributed by atoms with Crippen LogP contribution in [0.2, 0.25) is 0 Å². The van der Waals surface area contributed by atoms with Crippen molar-refractivity contribution in [3.05, 3.63) is 0 Å². The molecular weight excluding hydrogens is 232 g/mol. The monoisotopic (exact) mass is 258 g/mol. The van der Waals surface area contributed by atoms with Crippen LogP contribution in [0.5, 0.6) is 0 Å². The molecule has 0 fully saturated rings. The van der Waals surface area contributed by atoms with Crippen LogP contribution in [-0.4, -0.2) is 37.5 Å². The maximum absolute atomic E-state index is 12.2. The van der Waals surface area contributed by atoms with E-state index in [0.29, 0.717) is 19.6 Å². The highest BCUT2D eigenvalue weighted by Crippen LogP contribution is 2.36. The minimum absolute atomic E-state index is 0.0391. The summed E-state index contributed by atoms with van der Waals surface area (Å²) in [5.74, 6) is 0.0948. The predicted molar refractivity (Wildman–Crippen MR) is 70.6 cm³/mol. The van der Waals surface area contributed by atoms with Gasteiger partial charge in [-0.25, -0.2) is 0 Å². The van der Waals surface area contributed by atoms with Gasteiger partial charge in [0, 0.05) is 20.0 Å². The van der Waals surface area contributed by atoms with Crippen molar-refractivity contribution in [1.82, 2.24) is 0 Å². The molecule has 0 rings (SSSR count). The van der Waals surface area contributed by atoms with Gasteiger partial charge in [0.1, 0.15) is 11.6 Å². The van der Waals surface area contributed by atoms with Crippen LogP contribution < -0.4 is 0 Å². The first-order valence-corrected chi connectivity index (χ1v) is 6.31. The van der Waals surface area contributed by atoms with Crippen LogP contribution >= 0.6 is 0 Å². The Balaban J connectivity index is 4.56. The van der Waals surface area contributed by atoms with Crippen molar-refractivity contribution in [3.8, 4) is 0 Å². The number of hydrogen-bond donors (Lipinski definition) is 0. The fraction of sp³-hybridized carbons (Fsp3) is 0.857. The largest absolute Gasteiger partial charge is 0.382 e. The number of carbonyl (C=O) groups excluding carboxylic acids is 2. The van der Waals surface area contributed by atoms with Gasteiger partial charge >= 0.3 is 0 Å². The molecule has 0 spiro atoms. The molecule has 0 bridgehead atoms. The van der Waals surface area contributed by atoms with Gasteiger partial charge in [-0.15, -0.1) is 0 Å². The lowest BCUT2D eigenvalue weighted by Crippen LogP contribution is -2.47. The van der Waals surface area contributed by atoms with E-state index in [-0.39, 0.29) is 18.0 Å². The van der Waals surface area contributed by atoms with Gasteiger partial charge in [0.2, 0.25) is 0 Å². The molecule has 0 aliphatic heterocycles. The predicted octanol–water partition coefficient (Wildman–Crippen LogP) is 2.39. The fourth-order valence-corrected chi connectivity index (χ4v) is 1.50. The highest BCUT2D eigenvalue weighted by atomic mass is 16.5. The van der Waals surface area contributed by atoms with E-state index in [1.807, 2.05) is 27.7 Å². The molecule has 18 heavy (non-hydrogen) atoms. The van der Waals surface area contributed by atoms with E-state index < -0.39 is 11.0 Å². The van der Waals surface area contributed by atoms with Crippen LogP contribution in [0.1, 0.15) is 47.5 Å². The maximum atomic E-state index is 12.2. The van der Waals surface area contributed by atoms with Crippen molar-refractivity contribution < 1.29 is 19.1 Å². The van der Waals surface area contributed by atoms with Crippen molar-refractivity contribution in [2.45, 2.75) is 53.1 Å². The molecule has 0 aromatic carbocycles. The van der Waals surface area contributed by atoms with Crippen LogP contribution in [0.15, 0.2) is 0 Å². The van der Waals surface area contributed by atoms with Gasteiger partial charge in [-0.05, 0) is 20.8 Å². The SMILES string of the molecule is COCCOC(C)(C)C(C)(C)C(=O)CCC(C)=O. The molecule has 0 unspecified atom stereocenters. The summed E-state index contributed by atoms with van der Waals surface area (Å²) < 4.78 is 10.7. The fourth-order valence-electron chi connectivity index (χ4n) is 1.50. The number of rotatable bonds is 9. The molecule has 106 valence electrons. The van der Waals surface area contributed by atoms with E-state index in [0.717, 1.165) is 0 Å². The molecule has 4 heteroatoms. The summed E-state index contributed by atoms with van der Waals surface area (Å²) in [5, 5.41) is 0. The molecule has 4 nitrogen and oxygen atoms in total. The van der Waals surface area contributed by atoms with Gasteiger partial charge < -0.3 is 14.3 Å². The average molecular weight is 258 g/mol. The lowest BCUT2D eigenvalue weighted by Gasteiger charge is -2.40. The Labute approximate surface area is 110 Å². The summed E-state index contributed by atoms with van der Waals surface area (Å²) in [5.41, 5.74) is -1.21. The van der Waals surface area contributed by atoms with Crippen molar-refractivity contribution in [2.24, 2.45) is 5.41 Å². The Morgan fingerprint density at radius 3 is 2.00 bits per heavy atom. The van der Waals surface area contributed by atoms with Gasteiger partial charge in [0.05, 0.1) is 24.2 Å². The Morgan fingerprint density at radius 2 is 1.56 bits per heavy atom. The number of Topliss-reactive ketones (excluding diaryl/α,β-unsaturated/α-hetero) is 2. The first-order chi connectivity index (χ1) is 8.15. The number of hydrogen-bond acceptors (Lipinski definition) is 4. The number of ketones is 2. The third kappa shape index (κ3) is 4.86. The molecule has 0 saturated heterocycles. The molecule has 0 heterocycles. The molecule has 0 radical (unpaired) electrons. The average Bonchev–Trinajstić information content (AvgIpc) is 2.25. The second kappa shape index (κ2) is 7.00. The smallest absolute Gasteiger partial charge is 0.141 e. The first kappa shape index (κ1) is 17.3. The van der Waals surface area contributed by atoms with Crippen LogP contribution in [-0.2, 0) is 19.1 Å². The third-order valence-corrected chi connectivity index (χ3v) is 3.66. The summed E-state index contributed by atoms with van der Waals surface area (Å²) in [7, 11) is 1.61. The lowest BCUT2D eigenvalue weighted by atomic mass is 9.72. The first-order valence-electron chi connectivity index (χ1n) is 6.31. The van der Waals surface area contributed by atoms with E-state index in [2.05, 4.69) is 0 Å². The van der Waals surface area contributed by atoms with Gasteiger partial charge in [-0.1, -0.05) is 13.8 Å². The molecular formula is C14H26O4. The molecule has 0 atom stereocenters. The Morgan fingerprint density at radius 1 is 1.00 bits per heavy atom. The van der Waals surface area contributed by atoms with Gasteiger partial charge in [0.15, 0.2) is 0 Å². The summed E-state index contributed by atoms with van der Waals surface area (Å²) in [6.07, 6.45) is 0.579. The molecule has 0 saturated carbocycles. The van der Waals surface area contributed by atoms with Crippen LogP contribution in [0.25, 0.3) is 0 Å². The summed E-state index contributed by atoms with van der Waals surface area (Å²) in [4.78, 5) is 23.1. The minimum atomic E-state index is -0.629. The van der Waals surface area contributed by atoms with Gasteiger partial charge in [0.25, 0.3) is 0 Å². The molecule has 0 aromatic heterocycles. The summed E-state index contributed by atoms with van der Waals surface area (Å²) >= 11 is 0. The van der Waals surface area contributed by atoms with E-state index in [9.17, 15) is 9.59 Å². The number of methoxy groups -OCH3 is 1. The van der Waals surface area contributed by atoms with Crippen molar-refractivity contribution >= 4 is 11.6 Å².